The highest BCUT2D eigenvalue weighted by Crippen LogP contribution is 2.24. The number of hydrogen-bond donors (Lipinski definition) is 2. The smallest absolute Gasteiger partial charge is 0.115 e. The van der Waals surface area contributed by atoms with Crippen LogP contribution in [0.15, 0.2) is 49.0 Å². The Bertz CT molecular complexity index is 614. The highest BCUT2D eigenvalue weighted by Gasteiger charge is 2.03. The minimum atomic E-state index is 0.281. The number of unbranched alkanes of at least 4 members (excludes halogenated alkanes) is 1. The molecule has 2 N–H and O–H groups in total. The maximum atomic E-state index is 9.44. The van der Waals surface area contributed by atoms with Crippen LogP contribution >= 0.6 is 0 Å². The predicted molar refractivity (Wildman–Crippen MR) is 90.6 cm³/mol. The third-order valence-corrected chi connectivity index (χ3v) is 3.62. The zero-order chi connectivity index (χ0) is 15.2. The molecular formula is C19H23NO. The van der Waals surface area contributed by atoms with E-state index < -0.39 is 0 Å². The first-order valence-electron chi connectivity index (χ1n) is 7.45. The number of anilines is 1. The molecule has 0 unspecified atom stereocenters. The van der Waals surface area contributed by atoms with Gasteiger partial charge in [-0.25, -0.2) is 0 Å². The van der Waals surface area contributed by atoms with Crippen molar-refractivity contribution in [1.82, 2.24) is 0 Å². The highest BCUT2D eigenvalue weighted by molar-refractivity contribution is 5.76. The van der Waals surface area contributed by atoms with Crippen molar-refractivity contribution in [2.75, 3.05) is 5.32 Å². The number of rotatable bonds is 6. The highest BCUT2D eigenvalue weighted by atomic mass is 16.3. The van der Waals surface area contributed by atoms with Crippen LogP contribution in [0.3, 0.4) is 0 Å². The van der Waals surface area contributed by atoms with E-state index in [0.717, 1.165) is 28.9 Å². The lowest BCUT2D eigenvalue weighted by Crippen LogP contribution is -1.99. The summed E-state index contributed by atoms with van der Waals surface area (Å²) in [6.45, 7) is 8.27. The summed E-state index contributed by atoms with van der Waals surface area (Å²) in [5.74, 6) is 0.281. The molecule has 2 aromatic rings. The number of aryl methyl sites for hydroxylation is 2. The Morgan fingerprint density at radius 3 is 2.48 bits per heavy atom. The van der Waals surface area contributed by atoms with E-state index >= 15 is 0 Å². The number of benzene rings is 2. The molecule has 110 valence electrons. The van der Waals surface area contributed by atoms with Crippen LogP contribution in [-0.4, -0.2) is 5.11 Å². The van der Waals surface area contributed by atoms with Crippen molar-refractivity contribution in [1.29, 1.82) is 0 Å². The van der Waals surface area contributed by atoms with Gasteiger partial charge < -0.3 is 10.4 Å². The van der Waals surface area contributed by atoms with E-state index in [4.69, 9.17) is 0 Å². The van der Waals surface area contributed by atoms with E-state index in [0.29, 0.717) is 0 Å². The maximum absolute atomic E-state index is 9.44. The summed E-state index contributed by atoms with van der Waals surface area (Å²) in [6.07, 6.45) is 3.58. The standard InChI is InChI=1S/C19H23NO/c1-4-5-6-16-7-9-17(10-8-16)15(3)20-19-12-11-18(21)13-14(19)2/h7-13,20-21H,3-6H2,1-2H3. The predicted octanol–water partition coefficient (Wildman–Crippen LogP) is 5.13. The Balaban J connectivity index is 2.06. The molecule has 0 fully saturated rings. The quantitative estimate of drug-likeness (QED) is 0.720. The fraction of sp³-hybridized carbons (Fsp3) is 0.263. The summed E-state index contributed by atoms with van der Waals surface area (Å²) in [6, 6.07) is 13.8. The minimum absolute atomic E-state index is 0.281. The van der Waals surface area contributed by atoms with Crippen LogP contribution in [0.5, 0.6) is 5.75 Å². The topological polar surface area (TPSA) is 32.3 Å². The van der Waals surface area contributed by atoms with Crippen molar-refractivity contribution in [3.05, 3.63) is 65.7 Å². The van der Waals surface area contributed by atoms with E-state index in [2.05, 4.69) is 43.1 Å². The maximum Gasteiger partial charge on any atom is 0.115 e. The lowest BCUT2D eigenvalue weighted by molar-refractivity contribution is 0.475. The van der Waals surface area contributed by atoms with Gasteiger partial charge in [0.1, 0.15) is 5.75 Å². The third-order valence-electron chi connectivity index (χ3n) is 3.62. The number of hydrogen-bond acceptors (Lipinski definition) is 2. The molecule has 2 aromatic carbocycles. The molecule has 0 aromatic heterocycles. The lowest BCUT2D eigenvalue weighted by atomic mass is 10.0. The van der Waals surface area contributed by atoms with Crippen molar-refractivity contribution in [3.8, 4) is 5.75 Å². The number of aromatic hydroxyl groups is 1. The average molecular weight is 281 g/mol. The number of phenolic OH excluding ortho intramolecular Hbond substituents is 1. The molecule has 21 heavy (non-hydrogen) atoms. The molecule has 0 amide bonds. The molecular weight excluding hydrogens is 258 g/mol. The molecule has 0 saturated carbocycles. The molecule has 0 aliphatic rings. The Morgan fingerprint density at radius 1 is 1.14 bits per heavy atom. The normalized spacial score (nSPS) is 10.4. The first-order valence-corrected chi connectivity index (χ1v) is 7.45. The van der Waals surface area contributed by atoms with E-state index in [9.17, 15) is 5.11 Å². The van der Waals surface area contributed by atoms with Gasteiger partial charge in [-0.2, -0.15) is 0 Å². The van der Waals surface area contributed by atoms with Crippen molar-refractivity contribution in [3.63, 3.8) is 0 Å². The molecule has 0 spiro atoms. The Labute approximate surface area is 127 Å². The van der Waals surface area contributed by atoms with E-state index in [-0.39, 0.29) is 5.75 Å². The molecule has 2 rings (SSSR count). The largest absolute Gasteiger partial charge is 0.508 e. The fourth-order valence-electron chi connectivity index (χ4n) is 2.28. The van der Waals surface area contributed by atoms with Gasteiger partial charge in [0.15, 0.2) is 0 Å². The zero-order valence-corrected chi connectivity index (χ0v) is 12.8. The SMILES string of the molecule is C=C(Nc1ccc(O)cc1C)c1ccc(CCCC)cc1. The van der Waals surface area contributed by atoms with Gasteiger partial charge in [-0.3, -0.25) is 0 Å². The summed E-state index contributed by atoms with van der Waals surface area (Å²) < 4.78 is 0. The second kappa shape index (κ2) is 6.98. The molecule has 0 aliphatic heterocycles. The molecule has 2 nitrogen and oxygen atoms in total. The molecule has 0 bridgehead atoms. The van der Waals surface area contributed by atoms with Gasteiger partial charge in [0.25, 0.3) is 0 Å². The zero-order valence-electron chi connectivity index (χ0n) is 12.8. The van der Waals surface area contributed by atoms with Gasteiger partial charge in [-0.05, 0) is 54.7 Å². The van der Waals surface area contributed by atoms with Crippen molar-refractivity contribution >= 4 is 11.4 Å². The van der Waals surface area contributed by atoms with Gasteiger partial charge in [0.05, 0.1) is 0 Å². The van der Waals surface area contributed by atoms with Crippen LogP contribution in [0.1, 0.15) is 36.5 Å². The Kier molecular flexibility index (Phi) is 5.04. The van der Waals surface area contributed by atoms with Crippen LogP contribution in [0.4, 0.5) is 5.69 Å². The van der Waals surface area contributed by atoms with Crippen molar-refractivity contribution in [2.45, 2.75) is 33.1 Å². The summed E-state index contributed by atoms with van der Waals surface area (Å²) in [5, 5.41) is 12.8. The molecule has 2 heteroatoms. The average Bonchev–Trinajstić information content (AvgIpc) is 2.48. The van der Waals surface area contributed by atoms with Crippen LogP contribution in [0.2, 0.25) is 0 Å². The number of phenols is 1. The summed E-state index contributed by atoms with van der Waals surface area (Å²) in [7, 11) is 0. The third kappa shape index (κ3) is 4.12. The van der Waals surface area contributed by atoms with Crippen molar-refractivity contribution in [2.24, 2.45) is 0 Å². The first kappa shape index (κ1) is 15.2. The molecule has 0 atom stereocenters. The lowest BCUT2D eigenvalue weighted by Gasteiger charge is -2.13. The summed E-state index contributed by atoms with van der Waals surface area (Å²) in [5.41, 5.74) is 5.28. The van der Waals surface area contributed by atoms with E-state index in [1.165, 1.54) is 18.4 Å². The Hall–Kier alpha value is -2.22. The monoisotopic (exact) mass is 281 g/mol. The molecule has 0 aliphatic carbocycles. The van der Waals surface area contributed by atoms with Crippen molar-refractivity contribution < 1.29 is 5.11 Å². The van der Waals surface area contributed by atoms with E-state index in [1.807, 2.05) is 13.0 Å². The summed E-state index contributed by atoms with van der Waals surface area (Å²) in [4.78, 5) is 0. The van der Waals surface area contributed by atoms with Gasteiger partial charge in [0, 0.05) is 11.4 Å². The summed E-state index contributed by atoms with van der Waals surface area (Å²) >= 11 is 0. The van der Waals surface area contributed by atoms with Crippen LogP contribution in [-0.2, 0) is 6.42 Å². The van der Waals surface area contributed by atoms with Gasteiger partial charge in [0.2, 0.25) is 0 Å². The fourth-order valence-corrected chi connectivity index (χ4v) is 2.28. The van der Waals surface area contributed by atoms with Gasteiger partial charge >= 0.3 is 0 Å². The Morgan fingerprint density at radius 2 is 1.86 bits per heavy atom. The first-order chi connectivity index (χ1) is 10.1. The second-order valence-electron chi connectivity index (χ2n) is 5.40. The molecule has 0 saturated heterocycles. The van der Waals surface area contributed by atoms with Gasteiger partial charge in [-0.15, -0.1) is 0 Å². The molecule has 0 heterocycles. The molecule has 0 radical (unpaired) electrons. The van der Waals surface area contributed by atoms with Crippen LogP contribution in [0, 0.1) is 6.92 Å². The van der Waals surface area contributed by atoms with Gasteiger partial charge in [-0.1, -0.05) is 44.2 Å². The number of nitrogens with one attached hydrogen (secondary N) is 1. The van der Waals surface area contributed by atoms with Crippen LogP contribution < -0.4 is 5.32 Å². The minimum Gasteiger partial charge on any atom is -0.508 e. The second-order valence-corrected chi connectivity index (χ2v) is 5.40. The van der Waals surface area contributed by atoms with Crippen LogP contribution in [0.25, 0.3) is 5.70 Å². The van der Waals surface area contributed by atoms with E-state index in [1.54, 1.807) is 12.1 Å².